The zero-order valence-corrected chi connectivity index (χ0v) is 20.0. The summed E-state index contributed by atoms with van der Waals surface area (Å²) in [5.74, 6) is -3.18. The van der Waals surface area contributed by atoms with Crippen LogP contribution in [-0.2, 0) is 4.79 Å². The molecule has 33 heavy (non-hydrogen) atoms. The Kier molecular flexibility index (Phi) is 6.71. The molecule has 0 saturated heterocycles. The van der Waals surface area contributed by atoms with Crippen molar-refractivity contribution in [3.63, 3.8) is 0 Å². The summed E-state index contributed by atoms with van der Waals surface area (Å²) >= 11 is 31.0. The van der Waals surface area contributed by atoms with Gasteiger partial charge in [-0.3, -0.25) is 14.9 Å². The molecule has 6 nitrogen and oxygen atoms in total. The van der Waals surface area contributed by atoms with Crippen molar-refractivity contribution in [2.75, 3.05) is 10.6 Å². The lowest BCUT2D eigenvalue weighted by Gasteiger charge is -2.10. The van der Waals surface area contributed by atoms with E-state index in [1.807, 2.05) is 0 Å². The number of carbonyl (C=O) groups excluding carboxylic acids is 2. The molecule has 2 N–H and O–H groups in total. The molecule has 0 radical (unpaired) electrons. The van der Waals surface area contributed by atoms with Crippen LogP contribution >= 0.6 is 58.0 Å². The Morgan fingerprint density at radius 2 is 1.58 bits per heavy atom. The maximum absolute atomic E-state index is 13.0. The number of aromatic nitrogens is 2. The van der Waals surface area contributed by atoms with Gasteiger partial charge in [-0.15, -0.1) is 23.2 Å². The molecule has 1 heterocycles. The number of hydrogen-bond donors (Lipinski definition) is 2. The second kappa shape index (κ2) is 9.24. The average molecular weight is 549 g/mol. The van der Waals surface area contributed by atoms with E-state index in [0.717, 1.165) is 12.4 Å². The molecule has 1 aliphatic carbocycles. The number of nitrogens with one attached hydrogen (secondary N) is 2. The Balaban J connectivity index is 1.50. The lowest BCUT2D eigenvalue weighted by Crippen LogP contribution is -2.18. The molecular weight excluding hydrogens is 537 g/mol. The molecule has 1 saturated carbocycles. The van der Waals surface area contributed by atoms with Crippen molar-refractivity contribution in [2.24, 2.45) is 5.92 Å². The van der Waals surface area contributed by atoms with Gasteiger partial charge in [0.05, 0.1) is 28.9 Å². The number of rotatable bonds is 5. The highest BCUT2D eigenvalue weighted by atomic mass is 35.5. The van der Waals surface area contributed by atoms with Crippen LogP contribution in [0, 0.1) is 11.7 Å². The van der Waals surface area contributed by atoms with Crippen molar-refractivity contribution in [1.82, 2.24) is 9.97 Å². The fraction of sp³-hybridized carbons (Fsp3) is 0.143. The van der Waals surface area contributed by atoms with Gasteiger partial charge in [-0.1, -0.05) is 34.8 Å². The van der Waals surface area contributed by atoms with E-state index in [1.54, 1.807) is 18.2 Å². The third-order valence-electron chi connectivity index (χ3n) is 4.90. The van der Waals surface area contributed by atoms with Gasteiger partial charge in [-0.05, 0) is 42.0 Å². The summed E-state index contributed by atoms with van der Waals surface area (Å²) < 4.78 is 11.6. The number of alkyl halides is 2. The summed E-state index contributed by atoms with van der Waals surface area (Å²) in [7, 11) is 0. The van der Waals surface area contributed by atoms with Crippen molar-refractivity contribution in [1.29, 1.82) is 0 Å². The van der Waals surface area contributed by atoms with Crippen LogP contribution in [0.2, 0.25) is 15.1 Å². The molecule has 4 rings (SSSR count). The summed E-state index contributed by atoms with van der Waals surface area (Å²) in [4.78, 5) is 32.8. The number of carbonyl (C=O) groups is 2. The van der Waals surface area contributed by atoms with E-state index in [2.05, 4.69) is 20.6 Å². The first-order chi connectivity index (χ1) is 15.6. The van der Waals surface area contributed by atoms with E-state index < -0.39 is 33.8 Å². The minimum Gasteiger partial charge on any atom is -0.326 e. The second-order valence-electron chi connectivity index (χ2n) is 7.20. The monoisotopic (exact) mass is 546 g/mol. The van der Waals surface area contributed by atoms with E-state index >= 15 is 0 Å². The molecule has 2 aromatic carbocycles. The highest BCUT2D eigenvalue weighted by Crippen LogP contribution is 2.65. The normalized spacial score (nSPS) is 18.5. The van der Waals surface area contributed by atoms with Gasteiger partial charge < -0.3 is 5.32 Å². The number of anilines is 2. The smallest absolute Gasteiger partial charge is 0.259 e. The van der Waals surface area contributed by atoms with Crippen molar-refractivity contribution >= 4 is 81.5 Å². The van der Waals surface area contributed by atoms with Crippen LogP contribution < -0.4 is 10.6 Å². The Hall–Kier alpha value is -2.16. The van der Waals surface area contributed by atoms with E-state index in [-0.39, 0.29) is 22.2 Å². The minimum atomic E-state index is -1.36. The van der Waals surface area contributed by atoms with Crippen molar-refractivity contribution in [3.8, 4) is 0 Å². The van der Waals surface area contributed by atoms with Gasteiger partial charge in [-0.25, -0.2) is 14.4 Å². The maximum Gasteiger partial charge on any atom is 0.259 e. The highest BCUT2D eigenvalue weighted by Gasteiger charge is 2.67. The Labute approximate surface area is 212 Å². The summed E-state index contributed by atoms with van der Waals surface area (Å²) in [6.07, 6.45) is 1.81. The predicted molar refractivity (Wildman–Crippen MR) is 127 cm³/mol. The van der Waals surface area contributed by atoms with E-state index in [1.165, 1.54) is 18.2 Å². The molecule has 1 fully saturated rings. The zero-order chi connectivity index (χ0) is 23.9. The fourth-order valence-electron chi connectivity index (χ4n) is 3.37. The number of halogens is 6. The Morgan fingerprint density at radius 3 is 2.21 bits per heavy atom. The zero-order valence-electron chi connectivity index (χ0n) is 16.3. The molecule has 2 atom stereocenters. The lowest BCUT2D eigenvalue weighted by atomic mass is 10.1. The third-order valence-corrected chi connectivity index (χ3v) is 6.61. The largest absolute Gasteiger partial charge is 0.326 e. The molecule has 12 heteroatoms. The molecule has 3 aromatic rings. The molecule has 0 spiro atoms. The number of hydrogen-bond acceptors (Lipinski definition) is 4. The summed E-state index contributed by atoms with van der Waals surface area (Å²) in [6, 6.07) is 9.18. The van der Waals surface area contributed by atoms with Gasteiger partial charge >= 0.3 is 0 Å². The minimum absolute atomic E-state index is 0.0411. The number of amides is 2. The van der Waals surface area contributed by atoms with Gasteiger partial charge in [0.25, 0.3) is 5.91 Å². The van der Waals surface area contributed by atoms with Gasteiger partial charge in [-0.2, -0.15) is 0 Å². The van der Waals surface area contributed by atoms with Crippen LogP contribution in [0.1, 0.15) is 21.8 Å². The standard InChI is InChI=1S/C21H12Cl5FN4O2/c22-10-3-9(4-11(23)5-10)16-17(21(16,25)26)19(33)30-13-1-2-15(24)14(6-13)18(32)31-20-28-7-12(27)8-29-20/h1-8,16-17H,(H,30,33)(H,28,29,31,32)/t16-,17+/m0/s1. The molecule has 0 bridgehead atoms. The molecule has 0 aliphatic heterocycles. The first-order valence-electron chi connectivity index (χ1n) is 9.29. The van der Waals surface area contributed by atoms with E-state index in [9.17, 15) is 14.0 Å². The Morgan fingerprint density at radius 1 is 0.939 bits per heavy atom. The molecule has 1 aromatic heterocycles. The maximum atomic E-state index is 13.0. The molecule has 1 aliphatic rings. The summed E-state index contributed by atoms with van der Waals surface area (Å²) in [5, 5.41) is 6.00. The van der Waals surface area contributed by atoms with E-state index in [0.29, 0.717) is 15.6 Å². The van der Waals surface area contributed by atoms with Gasteiger partial charge in [0.1, 0.15) is 4.33 Å². The molecule has 170 valence electrons. The summed E-state index contributed by atoms with van der Waals surface area (Å²) in [6.45, 7) is 0. The quantitative estimate of drug-likeness (QED) is 0.364. The first kappa shape index (κ1) is 24.0. The van der Waals surface area contributed by atoms with Gasteiger partial charge in [0.2, 0.25) is 11.9 Å². The Bertz CT molecular complexity index is 1240. The topological polar surface area (TPSA) is 84.0 Å². The van der Waals surface area contributed by atoms with Crippen LogP contribution in [0.4, 0.5) is 16.0 Å². The molecule has 2 amide bonds. The van der Waals surface area contributed by atoms with Gasteiger partial charge in [0.15, 0.2) is 5.82 Å². The first-order valence-corrected chi connectivity index (χ1v) is 11.2. The van der Waals surface area contributed by atoms with Crippen molar-refractivity contribution in [2.45, 2.75) is 10.3 Å². The fourth-order valence-corrected chi connectivity index (χ4v) is 4.94. The molecular formula is C21H12Cl5FN4O2. The predicted octanol–water partition coefficient (Wildman–Crippen LogP) is 6.35. The second-order valence-corrected chi connectivity index (χ2v) is 9.92. The number of benzene rings is 2. The van der Waals surface area contributed by atoms with Crippen LogP contribution in [0.15, 0.2) is 48.8 Å². The summed E-state index contributed by atoms with van der Waals surface area (Å²) in [5.41, 5.74) is 0.959. The highest BCUT2D eigenvalue weighted by molar-refractivity contribution is 6.53. The van der Waals surface area contributed by atoms with Crippen LogP contribution in [0.25, 0.3) is 0 Å². The van der Waals surface area contributed by atoms with Crippen molar-refractivity contribution < 1.29 is 14.0 Å². The van der Waals surface area contributed by atoms with E-state index in [4.69, 9.17) is 58.0 Å². The van der Waals surface area contributed by atoms with Crippen molar-refractivity contribution in [3.05, 3.63) is 80.8 Å². The SMILES string of the molecule is O=C(Nc1ncc(F)cn1)c1cc(NC(=O)[C@H]2[C@H](c3cc(Cl)cc(Cl)c3)C2(Cl)Cl)ccc1Cl. The van der Waals surface area contributed by atoms with Crippen LogP contribution in [-0.4, -0.2) is 26.1 Å². The van der Waals surface area contributed by atoms with Gasteiger partial charge in [0, 0.05) is 21.7 Å². The van der Waals surface area contributed by atoms with Crippen LogP contribution in [0.3, 0.4) is 0 Å². The van der Waals surface area contributed by atoms with Crippen LogP contribution in [0.5, 0.6) is 0 Å². The average Bonchev–Trinajstić information content (AvgIpc) is 3.32. The molecule has 0 unspecified atom stereocenters. The lowest BCUT2D eigenvalue weighted by molar-refractivity contribution is -0.117. The number of nitrogens with zero attached hydrogens (tertiary/aromatic N) is 2. The third kappa shape index (κ3) is 5.18.